The topological polar surface area (TPSA) is 24.5 Å². The van der Waals surface area contributed by atoms with E-state index in [2.05, 4.69) is 24.2 Å². The van der Waals surface area contributed by atoms with E-state index in [-0.39, 0.29) is 0 Å². The van der Waals surface area contributed by atoms with Crippen LogP contribution >= 0.6 is 0 Å². The zero-order valence-corrected chi connectivity index (χ0v) is 9.75. The van der Waals surface area contributed by atoms with Crippen molar-refractivity contribution in [1.82, 2.24) is 10.2 Å². The van der Waals surface area contributed by atoms with Crippen molar-refractivity contribution < 1.29 is 4.74 Å². The van der Waals surface area contributed by atoms with Crippen LogP contribution < -0.4 is 5.32 Å². The SMILES string of the molecule is COCCN(C)CC1NCCCC1C. The molecule has 0 amide bonds. The number of rotatable bonds is 5. The molecule has 84 valence electrons. The third-order valence-electron chi connectivity index (χ3n) is 3.12. The van der Waals surface area contributed by atoms with Gasteiger partial charge in [0.25, 0.3) is 0 Å². The van der Waals surface area contributed by atoms with E-state index < -0.39 is 0 Å². The van der Waals surface area contributed by atoms with Crippen LogP contribution in [0.5, 0.6) is 0 Å². The first-order chi connectivity index (χ1) is 6.74. The van der Waals surface area contributed by atoms with E-state index >= 15 is 0 Å². The molecule has 1 aliphatic heterocycles. The molecule has 1 fully saturated rings. The summed E-state index contributed by atoms with van der Waals surface area (Å²) in [5.41, 5.74) is 0. The molecule has 0 bridgehead atoms. The molecule has 1 aliphatic rings. The van der Waals surface area contributed by atoms with Crippen molar-refractivity contribution in [2.24, 2.45) is 5.92 Å². The van der Waals surface area contributed by atoms with Crippen molar-refractivity contribution in [3.05, 3.63) is 0 Å². The molecule has 0 aromatic heterocycles. The largest absolute Gasteiger partial charge is 0.383 e. The highest BCUT2D eigenvalue weighted by Gasteiger charge is 2.21. The molecular formula is C11H24N2O. The van der Waals surface area contributed by atoms with Gasteiger partial charge in [-0.2, -0.15) is 0 Å². The van der Waals surface area contributed by atoms with Crippen LogP contribution in [0.15, 0.2) is 0 Å². The Morgan fingerprint density at radius 1 is 1.50 bits per heavy atom. The van der Waals surface area contributed by atoms with Gasteiger partial charge in [-0.15, -0.1) is 0 Å². The minimum absolute atomic E-state index is 0.672. The van der Waals surface area contributed by atoms with Gasteiger partial charge in [0.05, 0.1) is 6.61 Å². The van der Waals surface area contributed by atoms with Gasteiger partial charge >= 0.3 is 0 Å². The van der Waals surface area contributed by atoms with E-state index in [1.54, 1.807) is 7.11 Å². The predicted octanol–water partition coefficient (Wildman–Crippen LogP) is 0.953. The summed E-state index contributed by atoms with van der Waals surface area (Å²) in [6.45, 7) is 6.54. The highest BCUT2D eigenvalue weighted by molar-refractivity contribution is 4.80. The number of piperidine rings is 1. The highest BCUT2D eigenvalue weighted by Crippen LogP contribution is 2.15. The third kappa shape index (κ3) is 3.95. The average molecular weight is 200 g/mol. The Morgan fingerprint density at radius 2 is 2.29 bits per heavy atom. The number of ether oxygens (including phenoxy) is 1. The Bertz CT molecular complexity index is 152. The lowest BCUT2D eigenvalue weighted by Crippen LogP contribution is -2.47. The Labute approximate surface area is 87.8 Å². The van der Waals surface area contributed by atoms with Crippen molar-refractivity contribution in [2.75, 3.05) is 40.4 Å². The van der Waals surface area contributed by atoms with Crippen LogP contribution in [0.25, 0.3) is 0 Å². The number of hydrogen-bond acceptors (Lipinski definition) is 3. The van der Waals surface area contributed by atoms with Crippen LogP contribution in [0, 0.1) is 5.92 Å². The molecule has 3 nitrogen and oxygen atoms in total. The van der Waals surface area contributed by atoms with Gasteiger partial charge in [0.15, 0.2) is 0 Å². The first kappa shape index (κ1) is 12.0. The summed E-state index contributed by atoms with van der Waals surface area (Å²) in [5, 5.41) is 3.59. The third-order valence-corrected chi connectivity index (χ3v) is 3.12. The van der Waals surface area contributed by atoms with Gasteiger partial charge in [-0.05, 0) is 32.4 Å². The first-order valence-electron chi connectivity index (χ1n) is 5.65. The Kier molecular flexibility index (Phi) is 5.45. The second-order valence-electron chi connectivity index (χ2n) is 4.44. The average Bonchev–Trinajstić information content (AvgIpc) is 2.18. The summed E-state index contributed by atoms with van der Waals surface area (Å²) in [6, 6.07) is 0.672. The van der Waals surface area contributed by atoms with Gasteiger partial charge in [0, 0.05) is 26.2 Å². The van der Waals surface area contributed by atoms with Crippen molar-refractivity contribution >= 4 is 0 Å². The molecule has 1 rings (SSSR count). The smallest absolute Gasteiger partial charge is 0.0589 e. The fourth-order valence-corrected chi connectivity index (χ4v) is 2.03. The quantitative estimate of drug-likeness (QED) is 0.715. The second-order valence-corrected chi connectivity index (χ2v) is 4.44. The van der Waals surface area contributed by atoms with Gasteiger partial charge in [-0.1, -0.05) is 6.92 Å². The monoisotopic (exact) mass is 200 g/mol. The summed E-state index contributed by atoms with van der Waals surface area (Å²) in [6.07, 6.45) is 2.70. The van der Waals surface area contributed by atoms with Crippen LogP contribution in [0.3, 0.4) is 0 Å². The summed E-state index contributed by atoms with van der Waals surface area (Å²) in [7, 11) is 3.93. The molecular weight excluding hydrogens is 176 g/mol. The molecule has 2 atom stereocenters. The fourth-order valence-electron chi connectivity index (χ4n) is 2.03. The Morgan fingerprint density at radius 3 is 2.93 bits per heavy atom. The minimum Gasteiger partial charge on any atom is -0.383 e. The molecule has 0 aliphatic carbocycles. The van der Waals surface area contributed by atoms with Crippen molar-refractivity contribution in [3.8, 4) is 0 Å². The first-order valence-corrected chi connectivity index (χ1v) is 5.65. The molecule has 14 heavy (non-hydrogen) atoms. The number of hydrogen-bond donors (Lipinski definition) is 1. The van der Waals surface area contributed by atoms with Gasteiger partial charge < -0.3 is 15.0 Å². The molecule has 1 saturated heterocycles. The predicted molar refractivity (Wildman–Crippen MR) is 59.6 cm³/mol. The normalized spacial score (nSPS) is 28.3. The maximum Gasteiger partial charge on any atom is 0.0589 e. The summed E-state index contributed by atoms with van der Waals surface area (Å²) in [5.74, 6) is 0.814. The van der Waals surface area contributed by atoms with E-state index in [1.165, 1.54) is 19.4 Å². The van der Waals surface area contributed by atoms with E-state index in [0.29, 0.717) is 6.04 Å². The van der Waals surface area contributed by atoms with Gasteiger partial charge in [-0.25, -0.2) is 0 Å². The van der Waals surface area contributed by atoms with Crippen LogP contribution in [0.1, 0.15) is 19.8 Å². The van der Waals surface area contributed by atoms with Gasteiger partial charge in [0.1, 0.15) is 0 Å². The van der Waals surface area contributed by atoms with Crippen molar-refractivity contribution in [2.45, 2.75) is 25.8 Å². The molecule has 1 heterocycles. The summed E-state index contributed by atoms with van der Waals surface area (Å²) in [4.78, 5) is 2.35. The lowest BCUT2D eigenvalue weighted by atomic mass is 9.92. The summed E-state index contributed by atoms with van der Waals surface area (Å²) < 4.78 is 5.07. The number of nitrogens with one attached hydrogen (secondary N) is 1. The van der Waals surface area contributed by atoms with E-state index in [0.717, 1.165) is 25.6 Å². The lowest BCUT2D eigenvalue weighted by molar-refractivity contribution is 0.144. The van der Waals surface area contributed by atoms with E-state index in [1.807, 2.05) is 0 Å². The van der Waals surface area contributed by atoms with Crippen molar-refractivity contribution in [3.63, 3.8) is 0 Å². The molecule has 2 unspecified atom stereocenters. The maximum atomic E-state index is 5.07. The zero-order valence-electron chi connectivity index (χ0n) is 9.75. The van der Waals surface area contributed by atoms with Crippen LogP contribution in [-0.4, -0.2) is 51.3 Å². The van der Waals surface area contributed by atoms with E-state index in [4.69, 9.17) is 4.74 Å². The number of nitrogens with zero attached hydrogens (tertiary/aromatic N) is 1. The van der Waals surface area contributed by atoms with Gasteiger partial charge in [-0.3, -0.25) is 0 Å². The molecule has 0 aromatic rings. The number of likely N-dealkylation sites (N-methyl/N-ethyl adjacent to an activating group) is 1. The van der Waals surface area contributed by atoms with Crippen LogP contribution in [0.2, 0.25) is 0 Å². The lowest BCUT2D eigenvalue weighted by Gasteiger charge is -2.33. The Hall–Kier alpha value is -0.120. The molecule has 0 radical (unpaired) electrons. The summed E-state index contributed by atoms with van der Waals surface area (Å²) >= 11 is 0. The standard InChI is InChI=1S/C11H24N2O/c1-10-5-4-6-12-11(10)9-13(2)7-8-14-3/h10-12H,4-9H2,1-3H3. The van der Waals surface area contributed by atoms with Crippen LogP contribution in [-0.2, 0) is 4.74 Å². The van der Waals surface area contributed by atoms with Crippen molar-refractivity contribution in [1.29, 1.82) is 0 Å². The number of methoxy groups -OCH3 is 1. The molecule has 1 N–H and O–H groups in total. The van der Waals surface area contributed by atoms with Gasteiger partial charge in [0.2, 0.25) is 0 Å². The molecule has 0 saturated carbocycles. The zero-order chi connectivity index (χ0) is 10.4. The molecule has 0 spiro atoms. The fraction of sp³-hybridized carbons (Fsp3) is 1.00. The minimum atomic E-state index is 0.672. The maximum absolute atomic E-state index is 5.07. The van der Waals surface area contributed by atoms with Crippen LogP contribution in [0.4, 0.5) is 0 Å². The molecule has 0 aromatic carbocycles. The Balaban J connectivity index is 2.20. The highest BCUT2D eigenvalue weighted by atomic mass is 16.5. The molecule has 3 heteroatoms. The second kappa shape index (κ2) is 6.38. The van der Waals surface area contributed by atoms with E-state index in [9.17, 15) is 0 Å².